The smallest absolute Gasteiger partial charge is 0.225 e. The molecule has 12 nitrogen and oxygen atoms in total. The minimum atomic E-state index is -0.635. The summed E-state index contributed by atoms with van der Waals surface area (Å²) in [5, 5.41) is 15.4. The number of hydrogen-bond acceptors (Lipinski definition) is 10. The Kier molecular flexibility index (Phi) is 12.0. The van der Waals surface area contributed by atoms with Crippen LogP contribution in [0.1, 0.15) is 61.2 Å². The van der Waals surface area contributed by atoms with Crippen molar-refractivity contribution in [2.24, 2.45) is 0 Å². The number of aliphatic hydroxyl groups is 1. The van der Waals surface area contributed by atoms with Crippen molar-refractivity contribution < 1.29 is 24.2 Å². The minimum Gasteiger partial charge on any atom is -0.397 e. The highest BCUT2D eigenvalue weighted by molar-refractivity contribution is 5.94. The van der Waals surface area contributed by atoms with Crippen LogP contribution in [0.3, 0.4) is 0 Å². The van der Waals surface area contributed by atoms with Crippen molar-refractivity contribution in [3.8, 4) is 0 Å². The fourth-order valence-electron chi connectivity index (χ4n) is 6.29. The van der Waals surface area contributed by atoms with Crippen molar-refractivity contribution in [2.75, 3.05) is 54.0 Å². The molecule has 0 unspecified atom stereocenters. The summed E-state index contributed by atoms with van der Waals surface area (Å²) in [6.07, 6.45) is 5.03. The molecule has 2 aliphatic rings. The monoisotopic (exact) mass is 679 g/mol. The van der Waals surface area contributed by atoms with E-state index in [9.17, 15) is 14.7 Å². The lowest BCUT2D eigenvalue weighted by molar-refractivity contribution is -0.253. The van der Waals surface area contributed by atoms with Crippen molar-refractivity contribution in [3.63, 3.8) is 0 Å². The number of piperazine rings is 1. The zero-order chi connectivity index (χ0) is 34.7. The lowest BCUT2D eigenvalue weighted by Gasteiger charge is -2.40. The Morgan fingerprint density at radius 1 is 0.820 bits per heavy atom. The molecule has 0 bridgehead atoms. The fraction of sp³-hybridized carbons (Fsp3) is 0.368. The first-order chi connectivity index (χ1) is 24.4. The van der Waals surface area contributed by atoms with E-state index in [1.807, 2.05) is 66.7 Å². The molecule has 0 saturated carbocycles. The third-order valence-corrected chi connectivity index (χ3v) is 9.02. The summed E-state index contributed by atoms with van der Waals surface area (Å²) in [7, 11) is 0. The van der Waals surface area contributed by atoms with Crippen molar-refractivity contribution in [1.29, 1.82) is 0 Å². The lowest BCUT2D eigenvalue weighted by Crippen LogP contribution is -2.50. The molecule has 0 spiro atoms. The van der Waals surface area contributed by atoms with E-state index < -0.39 is 6.29 Å². The number of aromatic nitrogens is 2. The van der Waals surface area contributed by atoms with Gasteiger partial charge in [-0.1, -0.05) is 48.5 Å². The summed E-state index contributed by atoms with van der Waals surface area (Å²) in [5.41, 5.74) is 10.4. The van der Waals surface area contributed by atoms with E-state index in [-0.39, 0.29) is 30.6 Å². The number of rotatable bonds is 13. The number of anilines is 4. The third kappa shape index (κ3) is 9.63. The van der Waals surface area contributed by atoms with Gasteiger partial charge >= 0.3 is 0 Å². The molecular formula is C38H45N7O5. The van der Waals surface area contributed by atoms with Crippen LogP contribution < -0.4 is 21.3 Å². The maximum absolute atomic E-state index is 12.8. The second kappa shape index (κ2) is 17.2. The number of carbonyl (C=O) groups is 2. The highest BCUT2D eigenvalue weighted by Gasteiger charge is 2.34. The molecule has 2 amide bonds. The first-order valence-corrected chi connectivity index (χ1v) is 17.2. The number of hydrogen-bond donors (Lipinski definition) is 4. The maximum atomic E-state index is 12.8. The van der Waals surface area contributed by atoms with Gasteiger partial charge in [0.05, 0.1) is 30.2 Å². The number of nitrogens with zero attached hydrogens (tertiary/aromatic N) is 4. The van der Waals surface area contributed by atoms with Gasteiger partial charge in [-0.2, -0.15) is 0 Å². The van der Waals surface area contributed by atoms with E-state index in [2.05, 4.69) is 30.4 Å². The molecule has 1 aromatic heterocycles. The van der Waals surface area contributed by atoms with E-state index >= 15 is 0 Å². The van der Waals surface area contributed by atoms with Crippen LogP contribution in [0, 0.1) is 0 Å². The third-order valence-electron chi connectivity index (χ3n) is 9.02. The normalized spacial score (nSPS) is 19.5. The number of nitrogens with one attached hydrogen (secondary N) is 2. The van der Waals surface area contributed by atoms with Gasteiger partial charge in [-0.25, -0.2) is 9.97 Å². The Labute approximate surface area is 292 Å². The van der Waals surface area contributed by atoms with Crippen LogP contribution in [0.4, 0.5) is 23.0 Å². The van der Waals surface area contributed by atoms with Gasteiger partial charge in [-0.3, -0.25) is 14.5 Å². The van der Waals surface area contributed by atoms with Crippen LogP contribution in [-0.4, -0.2) is 70.6 Å². The summed E-state index contributed by atoms with van der Waals surface area (Å²) < 4.78 is 13.1. The second-order valence-corrected chi connectivity index (χ2v) is 12.7. The predicted molar refractivity (Wildman–Crippen MR) is 192 cm³/mol. The predicted octanol–water partition coefficient (Wildman–Crippen LogP) is 5.06. The van der Waals surface area contributed by atoms with E-state index in [0.717, 1.165) is 55.4 Å². The van der Waals surface area contributed by atoms with Gasteiger partial charge in [-0.05, 0) is 54.3 Å². The molecule has 12 heteroatoms. The number of ether oxygens (including phenoxy) is 2. The molecule has 262 valence electrons. The topological polar surface area (TPSA) is 155 Å². The number of benzene rings is 3. The van der Waals surface area contributed by atoms with Gasteiger partial charge in [0.2, 0.25) is 17.8 Å². The quantitative estimate of drug-likeness (QED) is 0.111. The van der Waals surface area contributed by atoms with Crippen molar-refractivity contribution >= 4 is 34.8 Å². The highest BCUT2D eigenvalue weighted by atomic mass is 16.7. The van der Waals surface area contributed by atoms with E-state index in [1.165, 1.54) is 0 Å². The first kappa shape index (κ1) is 35.0. The number of nitrogens with two attached hydrogens (primary N) is 1. The summed E-state index contributed by atoms with van der Waals surface area (Å²) in [6.45, 7) is 4.14. The van der Waals surface area contributed by atoms with Crippen LogP contribution in [0.2, 0.25) is 0 Å². The summed E-state index contributed by atoms with van der Waals surface area (Å²) in [6, 6.07) is 24.4. The molecule has 5 N–H and O–H groups in total. The molecule has 6 rings (SSSR count). The number of carbonyl (C=O) groups excluding carboxylic acids is 2. The fourth-order valence-corrected chi connectivity index (χ4v) is 6.29. The zero-order valence-electron chi connectivity index (χ0n) is 28.1. The van der Waals surface area contributed by atoms with Gasteiger partial charge in [0, 0.05) is 75.6 Å². The van der Waals surface area contributed by atoms with Crippen LogP contribution >= 0.6 is 0 Å². The largest absolute Gasteiger partial charge is 0.397 e. The van der Waals surface area contributed by atoms with E-state index in [0.29, 0.717) is 49.2 Å². The van der Waals surface area contributed by atoms with E-state index in [1.54, 1.807) is 24.5 Å². The standard InChI is InChI=1S/C38H45N7O5/c39-32-9-1-2-10-33(32)43-36(48)12-4-3-11-35(47)42-30-8-5-7-29(23-30)37-49-31(24-34(50-37)28-15-13-27(26-46)14-16-28)25-44-19-21-45(22-20-44)38-40-17-6-18-41-38/h1-2,5-10,13-18,23,31,34,37,46H,3-4,11-12,19-22,24-26,39H2,(H,42,47)(H,43,48)/t31-,34+,37+/m0/s1. The molecule has 50 heavy (non-hydrogen) atoms. The van der Waals surface area contributed by atoms with Crippen molar-refractivity contribution in [3.05, 3.63) is 108 Å². The molecule has 0 radical (unpaired) electrons. The van der Waals surface area contributed by atoms with Gasteiger partial charge < -0.3 is 35.8 Å². The zero-order valence-corrected chi connectivity index (χ0v) is 28.1. The Bertz CT molecular complexity index is 1700. The SMILES string of the molecule is Nc1ccccc1NC(=O)CCCCC(=O)Nc1cccc([C@@H]2O[C@H](CN3CCN(c4ncccn4)CC3)C[C@H](c3ccc(CO)cc3)O2)c1. The maximum Gasteiger partial charge on any atom is 0.225 e. The van der Waals surface area contributed by atoms with Crippen LogP contribution in [-0.2, 0) is 25.7 Å². The average molecular weight is 680 g/mol. The van der Waals surface area contributed by atoms with Crippen molar-refractivity contribution in [2.45, 2.75) is 57.2 Å². The molecule has 3 atom stereocenters. The molecule has 3 aromatic carbocycles. The average Bonchev–Trinajstić information content (AvgIpc) is 3.15. The van der Waals surface area contributed by atoms with Gasteiger partial charge in [-0.15, -0.1) is 0 Å². The molecule has 2 saturated heterocycles. The van der Waals surface area contributed by atoms with Crippen LogP contribution in [0.25, 0.3) is 0 Å². The summed E-state index contributed by atoms with van der Waals surface area (Å²) >= 11 is 0. The molecule has 4 aromatic rings. The molecule has 3 heterocycles. The second-order valence-electron chi connectivity index (χ2n) is 12.7. The molecular weight excluding hydrogens is 634 g/mol. The Balaban J connectivity index is 1.04. The lowest BCUT2D eigenvalue weighted by atomic mass is 9.99. The van der Waals surface area contributed by atoms with Gasteiger partial charge in [0.1, 0.15) is 0 Å². The number of amides is 2. The van der Waals surface area contributed by atoms with Gasteiger partial charge in [0.15, 0.2) is 6.29 Å². The van der Waals surface area contributed by atoms with Crippen molar-refractivity contribution in [1.82, 2.24) is 14.9 Å². The van der Waals surface area contributed by atoms with Crippen LogP contribution in [0.15, 0.2) is 91.3 Å². The minimum absolute atomic E-state index is 0.0160. The Hall–Kier alpha value is -4.88. The Morgan fingerprint density at radius 3 is 2.26 bits per heavy atom. The molecule has 0 aliphatic carbocycles. The molecule has 2 aliphatic heterocycles. The molecule has 2 fully saturated rings. The first-order valence-electron chi connectivity index (χ1n) is 17.2. The summed E-state index contributed by atoms with van der Waals surface area (Å²) in [5.74, 6) is 0.499. The number of para-hydroxylation sites is 2. The Morgan fingerprint density at radius 2 is 1.54 bits per heavy atom. The number of unbranched alkanes of at least 4 members (excludes halogenated alkanes) is 1. The van der Waals surface area contributed by atoms with Gasteiger partial charge in [0.25, 0.3) is 0 Å². The summed E-state index contributed by atoms with van der Waals surface area (Å²) in [4.78, 5) is 38.6. The van der Waals surface area contributed by atoms with E-state index in [4.69, 9.17) is 15.2 Å². The number of nitrogen functional groups attached to an aromatic ring is 1. The number of aliphatic hydroxyl groups excluding tert-OH is 1. The van der Waals surface area contributed by atoms with Crippen LogP contribution in [0.5, 0.6) is 0 Å². The highest BCUT2D eigenvalue weighted by Crippen LogP contribution is 2.39.